The first-order chi connectivity index (χ1) is 12.5. The molecule has 0 aromatic heterocycles. The van der Waals surface area contributed by atoms with Gasteiger partial charge in [0.2, 0.25) is 0 Å². The zero-order valence-corrected chi connectivity index (χ0v) is 18.4. The van der Waals surface area contributed by atoms with Gasteiger partial charge in [0, 0.05) is 0 Å². The van der Waals surface area contributed by atoms with E-state index in [0.717, 1.165) is 11.1 Å². The van der Waals surface area contributed by atoms with Crippen LogP contribution in [0.25, 0.3) is 0 Å². The Bertz CT molecular complexity index is 769. The molecule has 2 aromatic carbocycles. The summed E-state index contributed by atoms with van der Waals surface area (Å²) in [4.78, 5) is 0. The maximum Gasteiger partial charge on any atom is 0.117 e. The fraction of sp³-hybridized carbons (Fsp3) is 0.520. The van der Waals surface area contributed by atoms with Gasteiger partial charge in [-0.3, -0.25) is 0 Å². The lowest BCUT2D eigenvalue weighted by atomic mass is 9.73. The summed E-state index contributed by atoms with van der Waals surface area (Å²) in [5.74, 6) is 1.66. The third-order valence-corrected chi connectivity index (χ3v) is 5.53. The van der Waals surface area contributed by atoms with Gasteiger partial charge in [0.05, 0.1) is 0 Å². The molecule has 0 fully saturated rings. The second kappa shape index (κ2) is 8.16. The number of hydrogen-bond acceptors (Lipinski definition) is 2. The van der Waals surface area contributed by atoms with Crippen LogP contribution in [0.15, 0.2) is 36.4 Å². The largest absolute Gasteiger partial charge is 0.306 e. The van der Waals surface area contributed by atoms with E-state index < -0.39 is 5.66 Å². The molecule has 2 nitrogen and oxygen atoms in total. The monoisotopic (exact) mass is 366 g/mol. The van der Waals surface area contributed by atoms with Gasteiger partial charge in [0.15, 0.2) is 0 Å². The minimum atomic E-state index is -1.01. The Balaban J connectivity index is 2.97. The van der Waals surface area contributed by atoms with Gasteiger partial charge in [0.25, 0.3) is 0 Å². The predicted octanol–water partition coefficient (Wildman–Crippen LogP) is 6.30. The molecule has 0 saturated carbocycles. The molecule has 0 amide bonds. The van der Waals surface area contributed by atoms with Gasteiger partial charge >= 0.3 is 0 Å². The zero-order valence-electron chi connectivity index (χ0n) is 18.4. The molecule has 2 aromatic rings. The lowest BCUT2D eigenvalue weighted by Crippen LogP contribution is -2.48. The van der Waals surface area contributed by atoms with Crippen LogP contribution in [0.5, 0.6) is 0 Å². The molecule has 0 aliphatic heterocycles. The molecule has 0 unspecified atom stereocenters. The van der Waals surface area contributed by atoms with Crippen LogP contribution in [0.2, 0.25) is 0 Å². The van der Waals surface area contributed by atoms with Gasteiger partial charge < -0.3 is 11.5 Å². The predicted molar refractivity (Wildman–Crippen MR) is 118 cm³/mol. The summed E-state index contributed by atoms with van der Waals surface area (Å²) in [5.41, 5.74) is 20.3. The molecule has 0 radical (unpaired) electrons. The van der Waals surface area contributed by atoms with Crippen molar-refractivity contribution in [3.05, 3.63) is 69.8 Å². The highest BCUT2D eigenvalue weighted by atomic mass is 15.0. The third-order valence-electron chi connectivity index (χ3n) is 5.53. The Labute approximate surface area is 166 Å². The van der Waals surface area contributed by atoms with E-state index in [1.807, 2.05) is 30.3 Å². The summed E-state index contributed by atoms with van der Waals surface area (Å²) in [5, 5.41) is 0. The molecule has 27 heavy (non-hydrogen) atoms. The minimum Gasteiger partial charge on any atom is -0.306 e. The Kier molecular flexibility index (Phi) is 6.55. The van der Waals surface area contributed by atoms with Crippen LogP contribution in [0, 0.1) is 0 Å². The summed E-state index contributed by atoms with van der Waals surface area (Å²) in [6, 6.07) is 12.4. The van der Waals surface area contributed by atoms with Crippen LogP contribution in [-0.2, 0) is 5.66 Å². The van der Waals surface area contributed by atoms with Crippen LogP contribution < -0.4 is 11.5 Å². The topological polar surface area (TPSA) is 52.0 Å². The van der Waals surface area contributed by atoms with Crippen molar-refractivity contribution >= 4 is 0 Å². The number of rotatable bonds is 6. The van der Waals surface area contributed by atoms with Crippen molar-refractivity contribution in [2.24, 2.45) is 11.5 Å². The van der Waals surface area contributed by atoms with E-state index in [4.69, 9.17) is 11.5 Å². The molecule has 2 rings (SSSR count). The van der Waals surface area contributed by atoms with Crippen molar-refractivity contribution < 1.29 is 0 Å². The first-order valence-electron chi connectivity index (χ1n) is 10.3. The highest BCUT2D eigenvalue weighted by Crippen LogP contribution is 2.43. The first kappa shape index (κ1) is 21.7. The van der Waals surface area contributed by atoms with Crippen LogP contribution in [-0.4, -0.2) is 0 Å². The van der Waals surface area contributed by atoms with E-state index in [1.54, 1.807) is 0 Å². The Morgan fingerprint density at radius 1 is 0.630 bits per heavy atom. The van der Waals surface area contributed by atoms with Crippen molar-refractivity contribution in [3.63, 3.8) is 0 Å². The van der Waals surface area contributed by atoms with Gasteiger partial charge in [-0.2, -0.15) is 0 Å². The van der Waals surface area contributed by atoms with Crippen LogP contribution in [0.4, 0.5) is 0 Å². The molecule has 148 valence electrons. The summed E-state index contributed by atoms with van der Waals surface area (Å²) >= 11 is 0. The standard InChI is InChI=1S/C25H38N2/c1-15(2)20-14-21(25(26,27)19-12-10-9-11-13-19)23(17(5)6)24(18(7)8)22(20)16(3)4/h9-18H,26-27H2,1-8H3. The van der Waals surface area contributed by atoms with Crippen molar-refractivity contribution in [2.45, 2.75) is 84.7 Å². The molecule has 0 spiro atoms. The molecule has 0 bridgehead atoms. The zero-order chi connectivity index (χ0) is 20.5. The molecule has 0 saturated heterocycles. The summed E-state index contributed by atoms with van der Waals surface area (Å²) < 4.78 is 0. The SMILES string of the molecule is CC(C)c1cc(C(N)(N)c2ccccc2)c(C(C)C)c(C(C)C)c1C(C)C. The normalized spacial score (nSPS) is 12.7. The van der Waals surface area contributed by atoms with E-state index in [0.29, 0.717) is 23.7 Å². The quantitative estimate of drug-likeness (QED) is 0.589. The van der Waals surface area contributed by atoms with Gasteiger partial charge in [-0.15, -0.1) is 0 Å². The summed E-state index contributed by atoms with van der Waals surface area (Å²) in [7, 11) is 0. The maximum atomic E-state index is 6.84. The Morgan fingerprint density at radius 2 is 1.11 bits per heavy atom. The Morgan fingerprint density at radius 3 is 1.52 bits per heavy atom. The number of nitrogens with two attached hydrogens (primary N) is 2. The maximum absolute atomic E-state index is 6.84. The average Bonchev–Trinajstić information content (AvgIpc) is 2.59. The van der Waals surface area contributed by atoms with Gasteiger partial charge in [-0.05, 0) is 57.1 Å². The summed E-state index contributed by atoms with van der Waals surface area (Å²) in [6.45, 7) is 18.2. The fourth-order valence-corrected chi connectivity index (χ4v) is 4.33. The van der Waals surface area contributed by atoms with E-state index in [2.05, 4.69) is 61.5 Å². The minimum absolute atomic E-state index is 0.353. The average molecular weight is 367 g/mol. The van der Waals surface area contributed by atoms with Crippen LogP contribution in [0.1, 0.15) is 112 Å². The van der Waals surface area contributed by atoms with E-state index in [1.165, 1.54) is 22.3 Å². The second-order valence-electron chi connectivity index (χ2n) is 9.11. The molecule has 0 heterocycles. The van der Waals surface area contributed by atoms with Crippen molar-refractivity contribution in [1.82, 2.24) is 0 Å². The van der Waals surface area contributed by atoms with Crippen molar-refractivity contribution in [3.8, 4) is 0 Å². The van der Waals surface area contributed by atoms with Crippen molar-refractivity contribution in [2.75, 3.05) is 0 Å². The van der Waals surface area contributed by atoms with E-state index >= 15 is 0 Å². The lowest BCUT2D eigenvalue weighted by molar-refractivity contribution is 0.549. The van der Waals surface area contributed by atoms with E-state index in [9.17, 15) is 0 Å². The van der Waals surface area contributed by atoms with Crippen LogP contribution >= 0.6 is 0 Å². The fourth-order valence-electron chi connectivity index (χ4n) is 4.33. The lowest BCUT2D eigenvalue weighted by Gasteiger charge is -2.35. The highest BCUT2D eigenvalue weighted by Gasteiger charge is 2.33. The smallest absolute Gasteiger partial charge is 0.117 e. The molecule has 0 aliphatic rings. The van der Waals surface area contributed by atoms with Crippen LogP contribution in [0.3, 0.4) is 0 Å². The second-order valence-corrected chi connectivity index (χ2v) is 9.11. The third kappa shape index (κ3) is 4.12. The highest BCUT2D eigenvalue weighted by molar-refractivity contribution is 5.55. The van der Waals surface area contributed by atoms with Gasteiger partial charge in [-0.1, -0.05) is 91.8 Å². The summed E-state index contributed by atoms with van der Waals surface area (Å²) in [6.07, 6.45) is 0. The molecular formula is C25H38N2. The Hall–Kier alpha value is -1.64. The molecular weight excluding hydrogens is 328 g/mol. The molecule has 2 heteroatoms. The van der Waals surface area contributed by atoms with Gasteiger partial charge in [-0.25, -0.2) is 0 Å². The number of benzene rings is 2. The van der Waals surface area contributed by atoms with E-state index in [-0.39, 0.29) is 0 Å². The number of hydrogen-bond donors (Lipinski definition) is 2. The molecule has 4 N–H and O–H groups in total. The molecule has 0 aliphatic carbocycles. The van der Waals surface area contributed by atoms with Crippen molar-refractivity contribution in [1.29, 1.82) is 0 Å². The molecule has 0 atom stereocenters. The first-order valence-corrected chi connectivity index (χ1v) is 10.3. The van der Waals surface area contributed by atoms with Gasteiger partial charge in [0.1, 0.15) is 5.66 Å².